The Balaban J connectivity index is 2.44. The Bertz CT molecular complexity index is 573. The Hall–Kier alpha value is -0.850. The van der Waals surface area contributed by atoms with Gasteiger partial charge in [0.2, 0.25) is 0 Å². The Morgan fingerprint density at radius 1 is 1.40 bits per heavy atom. The minimum Gasteiger partial charge on any atom is -0.305 e. The van der Waals surface area contributed by atoms with Gasteiger partial charge in [-0.25, -0.2) is 4.39 Å². The highest BCUT2D eigenvalue weighted by atomic mass is 79.9. The molecule has 0 radical (unpaired) electrons. The second kappa shape index (κ2) is 7.24. The van der Waals surface area contributed by atoms with E-state index in [0.29, 0.717) is 5.56 Å². The van der Waals surface area contributed by atoms with Crippen molar-refractivity contribution in [3.63, 3.8) is 0 Å². The molecule has 0 fully saturated rings. The molecular weight excluding hydrogens is 341 g/mol. The fourth-order valence-electron chi connectivity index (χ4n) is 2.05. The lowest BCUT2D eigenvalue weighted by Crippen LogP contribution is -2.24. The molecule has 0 aliphatic heterocycles. The molecule has 0 saturated carbocycles. The smallest absolute Gasteiger partial charge is 0.128 e. The zero-order chi connectivity index (χ0) is 14.5. The van der Waals surface area contributed by atoms with Crippen LogP contribution < -0.4 is 5.32 Å². The molecule has 0 spiro atoms. The maximum atomic E-state index is 14.2. The van der Waals surface area contributed by atoms with Crippen LogP contribution in [0.1, 0.15) is 42.4 Å². The Morgan fingerprint density at radius 2 is 2.20 bits per heavy atom. The third-order valence-electron chi connectivity index (χ3n) is 3.05. The van der Waals surface area contributed by atoms with Gasteiger partial charge < -0.3 is 5.32 Å². The summed E-state index contributed by atoms with van der Waals surface area (Å²) in [5.74, 6) is -0.211. The first kappa shape index (κ1) is 15.5. The second-order valence-electron chi connectivity index (χ2n) is 4.49. The Morgan fingerprint density at radius 3 is 2.90 bits per heavy atom. The van der Waals surface area contributed by atoms with Crippen LogP contribution in [0, 0.1) is 5.82 Å². The van der Waals surface area contributed by atoms with Crippen LogP contribution in [0.2, 0.25) is 0 Å². The van der Waals surface area contributed by atoms with Gasteiger partial charge in [-0.3, -0.25) is 0 Å². The fraction of sp³-hybridized carbons (Fsp3) is 0.429. The number of benzene rings is 1. The summed E-state index contributed by atoms with van der Waals surface area (Å²) in [4.78, 5) is 0.998. The van der Waals surface area contributed by atoms with E-state index >= 15 is 0 Å². The van der Waals surface area contributed by atoms with E-state index in [1.165, 1.54) is 17.6 Å². The molecule has 1 heterocycles. The average molecular weight is 358 g/mol. The van der Waals surface area contributed by atoms with Gasteiger partial charge in [0.1, 0.15) is 5.82 Å². The zero-order valence-electron chi connectivity index (χ0n) is 11.5. The van der Waals surface area contributed by atoms with Gasteiger partial charge in [-0.05, 0) is 49.1 Å². The van der Waals surface area contributed by atoms with Crippen LogP contribution >= 0.6 is 27.5 Å². The molecule has 1 atom stereocenters. The summed E-state index contributed by atoms with van der Waals surface area (Å²) in [5, 5.41) is 7.54. The van der Waals surface area contributed by atoms with E-state index in [0.717, 1.165) is 34.4 Å². The van der Waals surface area contributed by atoms with Crippen LogP contribution in [0.3, 0.4) is 0 Å². The number of hydrogen-bond acceptors (Lipinski definition) is 4. The van der Waals surface area contributed by atoms with Gasteiger partial charge >= 0.3 is 0 Å². The van der Waals surface area contributed by atoms with E-state index in [4.69, 9.17) is 0 Å². The van der Waals surface area contributed by atoms with Gasteiger partial charge in [-0.1, -0.05) is 34.3 Å². The SMILES string of the molecule is CCCNC(c1cc(Br)ccc1F)c1snnc1CC. The van der Waals surface area contributed by atoms with E-state index < -0.39 is 0 Å². The molecule has 6 heteroatoms. The highest BCUT2D eigenvalue weighted by Crippen LogP contribution is 2.30. The van der Waals surface area contributed by atoms with Crippen LogP contribution in [0.4, 0.5) is 4.39 Å². The quantitative estimate of drug-likeness (QED) is 0.845. The van der Waals surface area contributed by atoms with Crippen LogP contribution in [0.25, 0.3) is 0 Å². The summed E-state index contributed by atoms with van der Waals surface area (Å²) in [7, 11) is 0. The van der Waals surface area contributed by atoms with Crippen LogP contribution in [-0.2, 0) is 6.42 Å². The summed E-state index contributed by atoms with van der Waals surface area (Å²) < 4.78 is 19.1. The first-order chi connectivity index (χ1) is 9.67. The fourth-order valence-corrected chi connectivity index (χ4v) is 3.26. The number of aryl methyl sites for hydroxylation is 1. The van der Waals surface area contributed by atoms with Crippen molar-refractivity contribution in [2.45, 2.75) is 32.7 Å². The number of halogens is 2. The van der Waals surface area contributed by atoms with Gasteiger partial charge in [-0.2, -0.15) is 0 Å². The maximum absolute atomic E-state index is 14.2. The van der Waals surface area contributed by atoms with Crippen LogP contribution in [0.15, 0.2) is 22.7 Å². The van der Waals surface area contributed by atoms with Gasteiger partial charge in [0.25, 0.3) is 0 Å². The summed E-state index contributed by atoms with van der Waals surface area (Å²) in [6.45, 7) is 4.94. The molecule has 1 unspecified atom stereocenters. The molecular formula is C14H17BrFN3S. The third kappa shape index (κ3) is 3.42. The Labute approximate surface area is 130 Å². The minimum absolute atomic E-state index is 0.192. The lowest BCUT2D eigenvalue weighted by molar-refractivity contribution is 0.548. The molecule has 0 bridgehead atoms. The molecule has 0 amide bonds. The molecule has 1 aromatic heterocycles. The number of hydrogen-bond donors (Lipinski definition) is 1. The average Bonchev–Trinajstić information content (AvgIpc) is 2.91. The molecule has 2 rings (SSSR count). The topological polar surface area (TPSA) is 37.8 Å². The predicted octanol–water partition coefficient (Wildman–Crippen LogP) is 4.09. The van der Waals surface area contributed by atoms with Crippen molar-refractivity contribution in [2.24, 2.45) is 0 Å². The molecule has 20 heavy (non-hydrogen) atoms. The zero-order valence-corrected chi connectivity index (χ0v) is 13.9. The predicted molar refractivity (Wildman–Crippen MR) is 83.5 cm³/mol. The monoisotopic (exact) mass is 357 g/mol. The first-order valence-corrected chi connectivity index (χ1v) is 8.23. The number of rotatable bonds is 6. The van der Waals surface area contributed by atoms with Crippen LogP contribution in [-0.4, -0.2) is 16.1 Å². The number of nitrogens with zero attached hydrogens (tertiary/aromatic N) is 2. The third-order valence-corrected chi connectivity index (χ3v) is 4.37. The highest BCUT2D eigenvalue weighted by Gasteiger charge is 2.23. The summed E-state index contributed by atoms with van der Waals surface area (Å²) in [6.07, 6.45) is 1.78. The van der Waals surface area contributed by atoms with Crippen LogP contribution in [0.5, 0.6) is 0 Å². The summed E-state index contributed by atoms with van der Waals surface area (Å²) in [5.41, 5.74) is 1.57. The van der Waals surface area contributed by atoms with E-state index in [2.05, 4.69) is 37.8 Å². The van der Waals surface area contributed by atoms with Gasteiger partial charge in [0, 0.05) is 10.0 Å². The summed E-state index contributed by atoms with van der Waals surface area (Å²) in [6, 6.07) is 4.82. The van der Waals surface area contributed by atoms with Crippen molar-refractivity contribution in [3.8, 4) is 0 Å². The molecule has 3 nitrogen and oxygen atoms in total. The molecule has 0 saturated heterocycles. The van der Waals surface area contributed by atoms with E-state index in [1.807, 2.05) is 13.0 Å². The normalized spacial score (nSPS) is 12.6. The molecule has 1 N–H and O–H groups in total. The molecule has 2 aromatic rings. The lowest BCUT2D eigenvalue weighted by atomic mass is 10.0. The van der Waals surface area contributed by atoms with Crippen molar-refractivity contribution in [1.29, 1.82) is 0 Å². The van der Waals surface area contributed by atoms with Crippen molar-refractivity contribution in [1.82, 2.24) is 14.9 Å². The van der Waals surface area contributed by atoms with Crippen molar-refractivity contribution in [2.75, 3.05) is 6.54 Å². The van der Waals surface area contributed by atoms with Gasteiger partial charge in [0.05, 0.1) is 16.6 Å². The van der Waals surface area contributed by atoms with Crippen molar-refractivity contribution in [3.05, 3.63) is 44.6 Å². The lowest BCUT2D eigenvalue weighted by Gasteiger charge is -2.19. The van der Waals surface area contributed by atoms with E-state index in [1.54, 1.807) is 6.07 Å². The minimum atomic E-state index is -0.211. The Kier molecular flexibility index (Phi) is 5.63. The molecule has 1 aromatic carbocycles. The number of aromatic nitrogens is 2. The van der Waals surface area contributed by atoms with Gasteiger partial charge in [0.15, 0.2) is 0 Å². The summed E-state index contributed by atoms with van der Waals surface area (Å²) >= 11 is 4.75. The van der Waals surface area contributed by atoms with Crippen molar-refractivity contribution >= 4 is 27.5 Å². The first-order valence-electron chi connectivity index (χ1n) is 6.66. The molecule has 108 valence electrons. The van der Waals surface area contributed by atoms with Crippen molar-refractivity contribution < 1.29 is 4.39 Å². The van der Waals surface area contributed by atoms with E-state index in [-0.39, 0.29) is 11.9 Å². The second-order valence-corrected chi connectivity index (χ2v) is 6.19. The molecule has 0 aliphatic rings. The largest absolute Gasteiger partial charge is 0.305 e. The molecule has 0 aliphatic carbocycles. The highest BCUT2D eigenvalue weighted by molar-refractivity contribution is 9.10. The maximum Gasteiger partial charge on any atom is 0.128 e. The standard InChI is InChI=1S/C14H17BrFN3S/c1-3-7-17-13(14-12(4-2)18-19-20-14)10-8-9(15)5-6-11(10)16/h5-6,8,13,17H,3-4,7H2,1-2H3. The van der Waals surface area contributed by atoms with Gasteiger partial charge in [-0.15, -0.1) is 5.10 Å². The van der Waals surface area contributed by atoms with E-state index in [9.17, 15) is 4.39 Å². The number of nitrogens with one attached hydrogen (secondary N) is 1.